The molecule has 0 aliphatic heterocycles. The zero-order valence-corrected chi connectivity index (χ0v) is 16.2. The van der Waals surface area contributed by atoms with Crippen LogP contribution in [-0.4, -0.2) is 20.7 Å². The van der Waals surface area contributed by atoms with E-state index in [0.717, 1.165) is 32.2 Å². The number of nitrogens with zero attached hydrogens (tertiary/aromatic N) is 4. The van der Waals surface area contributed by atoms with E-state index in [0.29, 0.717) is 11.6 Å². The number of rotatable bonds is 4. The number of nitrogens with one attached hydrogen (secondary N) is 1. The van der Waals surface area contributed by atoms with Gasteiger partial charge >= 0.3 is 0 Å². The molecule has 0 bridgehead atoms. The second-order valence-corrected chi connectivity index (χ2v) is 6.89. The lowest BCUT2D eigenvalue weighted by molar-refractivity contribution is 1.17. The minimum absolute atomic E-state index is 0.612. The van der Waals surface area contributed by atoms with Gasteiger partial charge < -0.3 is 0 Å². The number of pyridine rings is 1. The van der Waals surface area contributed by atoms with Crippen molar-refractivity contribution in [3.05, 3.63) is 83.1 Å². The van der Waals surface area contributed by atoms with Crippen LogP contribution in [0, 0.1) is 0 Å². The minimum Gasteiger partial charge on any atom is -0.264 e. The van der Waals surface area contributed by atoms with Gasteiger partial charge in [-0.2, -0.15) is 5.10 Å². The van der Waals surface area contributed by atoms with Crippen molar-refractivity contribution in [2.24, 2.45) is 5.10 Å². The largest absolute Gasteiger partial charge is 0.264 e. The van der Waals surface area contributed by atoms with Crippen LogP contribution >= 0.6 is 15.9 Å². The van der Waals surface area contributed by atoms with E-state index in [4.69, 9.17) is 0 Å². The predicted molar refractivity (Wildman–Crippen MR) is 113 cm³/mol. The van der Waals surface area contributed by atoms with Crippen LogP contribution in [0.2, 0.25) is 0 Å². The Morgan fingerprint density at radius 2 is 1.78 bits per heavy atom. The van der Waals surface area contributed by atoms with Gasteiger partial charge in [-0.05, 0) is 48.9 Å². The van der Waals surface area contributed by atoms with E-state index in [1.165, 1.54) is 0 Å². The van der Waals surface area contributed by atoms with Gasteiger partial charge in [0.1, 0.15) is 0 Å². The maximum atomic E-state index is 4.67. The van der Waals surface area contributed by atoms with Crippen LogP contribution in [0.4, 0.5) is 5.82 Å². The summed E-state index contributed by atoms with van der Waals surface area (Å²) in [7, 11) is 0. The molecule has 2 aromatic heterocycles. The molecule has 6 heteroatoms. The Morgan fingerprint density at radius 3 is 2.56 bits per heavy atom. The highest BCUT2D eigenvalue weighted by Gasteiger charge is 2.09. The fraction of sp³-hybridized carbons (Fsp3) is 0.0476. The van der Waals surface area contributed by atoms with Crippen molar-refractivity contribution in [1.82, 2.24) is 15.0 Å². The van der Waals surface area contributed by atoms with Gasteiger partial charge in [0.15, 0.2) is 11.6 Å². The number of halogens is 1. The zero-order valence-electron chi connectivity index (χ0n) is 14.6. The monoisotopic (exact) mass is 417 g/mol. The first-order chi connectivity index (χ1) is 13.2. The highest BCUT2D eigenvalue weighted by molar-refractivity contribution is 9.10. The molecular weight excluding hydrogens is 402 g/mol. The third-order valence-corrected chi connectivity index (χ3v) is 4.64. The summed E-state index contributed by atoms with van der Waals surface area (Å²) < 4.78 is 1.04. The van der Waals surface area contributed by atoms with Crippen molar-refractivity contribution in [1.29, 1.82) is 0 Å². The summed E-state index contributed by atoms with van der Waals surface area (Å²) in [5.74, 6) is 1.27. The number of hydrogen-bond acceptors (Lipinski definition) is 5. The molecule has 4 rings (SSSR count). The molecule has 27 heavy (non-hydrogen) atoms. The van der Waals surface area contributed by atoms with Crippen LogP contribution in [-0.2, 0) is 0 Å². The molecule has 2 heterocycles. The maximum absolute atomic E-state index is 4.67. The van der Waals surface area contributed by atoms with E-state index in [9.17, 15) is 0 Å². The normalized spacial score (nSPS) is 11.6. The lowest BCUT2D eigenvalue weighted by Gasteiger charge is -2.09. The van der Waals surface area contributed by atoms with Crippen molar-refractivity contribution < 1.29 is 0 Å². The summed E-state index contributed by atoms with van der Waals surface area (Å²) in [6.45, 7) is 1.96. The quantitative estimate of drug-likeness (QED) is 0.361. The van der Waals surface area contributed by atoms with Gasteiger partial charge in [-0.15, -0.1) is 0 Å². The highest BCUT2D eigenvalue weighted by Crippen LogP contribution is 2.24. The van der Waals surface area contributed by atoms with Crippen LogP contribution in [0.15, 0.2) is 82.6 Å². The minimum atomic E-state index is 0.612. The van der Waals surface area contributed by atoms with Crippen molar-refractivity contribution in [3.8, 4) is 11.4 Å². The first-order valence-corrected chi connectivity index (χ1v) is 9.23. The summed E-state index contributed by atoms with van der Waals surface area (Å²) in [6, 6.07) is 19.7. The van der Waals surface area contributed by atoms with Gasteiger partial charge in [0.25, 0.3) is 0 Å². The van der Waals surface area contributed by atoms with E-state index in [1.807, 2.05) is 67.6 Å². The number of hydrogen-bond donors (Lipinski definition) is 1. The average molecular weight is 418 g/mol. The lowest BCUT2D eigenvalue weighted by atomic mass is 10.1. The fourth-order valence-electron chi connectivity index (χ4n) is 2.68. The second kappa shape index (κ2) is 7.63. The lowest BCUT2D eigenvalue weighted by Crippen LogP contribution is -2.03. The summed E-state index contributed by atoms with van der Waals surface area (Å²) in [4.78, 5) is 13.5. The third kappa shape index (κ3) is 3.85. The number of fused-ring (bicyclic) bond motifs is 1. The molecule has 0 atom stereocenters. The molecule has 1 N–H and O–H groups in total. The van der Waals surface area contributed by atoms with Crippen molar-refractivity contribution in [2.75, 3.05) is 5.43 Å². The molecule has 0 unspecified atom stereocenters. The van der Waals surface area contributed by atoms with Crippen molar-refractivity contribution in [2.45, 2.75) is 6.92 Å². The summed E-state index contributed by atoms with van der Waals surface area (Å²) >= 11 is 3.45. The number of para-hydroxylation sites is 1. The topological polar surface area (TPSA) is 63.1 Å². The molecule has 0 aliphatic rings. The molecular formula is C21H16BrN5. The number of anilines is 1. The van der Waals surface area contributed by atoms with Gasteiger partial charge in [-0.1, -0.05) is 40.2 Å². The van der Waals surface area contributed by atoms with Gasteiger partial charge in [-0.3, -0.25) is 10.4 Å². The highest BCUT2D eigenvalue weighted by atomic mass is 79.9. The Kier molecular flexibility index (Phi) is 4.89. The molecule has 0 saturated carbocycles. The SMILES string of the molecule is C/C(=N\Nc1nc(-c2cccnc2)nc2ccccc12)c1ccc(Br)cc1. The molecule has 0 saturated heterocycles. The van der Waals surface area contributed by atoms with Crippen LogP contribution < -0.4 is 5.43 Å². The predicted octanol–water partition coefficient (Wildman–Crippen LogP) is 5.29. The van der Waals surface area contributed by atoms with Gasteiger partial charge in [-0.25, -0.2) is 9.97 Å². The maximum Gasteiger partial charge on any atom is 0.163 e. The van der Waals surface area contributed by atoms with Crippen LogP contribution in [0.1, 0.15) is 12.5 Å². The van der Waals surface area contributed by atoms with E-state index in [1.54, 1.807) is 12.4 Å². The Hall–Kier alpha value is -3.12. The zero-order chi connectivity index (χ0) is 18.6. The second-order valence-electron chi connectivity index (χ2n) is 5.97. The Labute approximate surface area is 165 Å². The summed E-state index contributed by atoms with van der Waals surface area (Å²) in [5, 5.41) is 5.44. The molecule has 132 valence electrons. The van der Waals surface area contributed by atoms with Crippen molar-refractivity contribution in [3.63, 3.8) is 0 Å². The van der Waals surface area contributed by atoms with E-state index in [-0.39, 0.29) is 0 Å². The van der Waals surface area contributed by atoms with E-state index < -0.39 is 0 Å². The van der Waals surface area contributed by atoms with Gasteiger partial charge in [0.2, 0.25) is 0 Å². The van der Waals surface area contributed by atoms with Gasteiger partial charge in [0.05, 0.1) is 11.2 Å². The fourth-order valence-corrected chi connectivity index (χ4v) is 2.94. The molecule has 2 aromatic carbocycles. The van der Waals surface area contributed by atoms with Crippen LogP contribution in [0.3, 0.4) is 0 Å². The molecule has 5 nitrogen and oxygen atoms in total. The summed E-state index contributed by atoms with van der Waals surface area (Å²) in [6.07, 6.45) is 3.49. The van der Waals surface area contributed by atoms with E-state index >= 15 is 0 Å². The molecule has 4 aromatic rings. The molecule has 0 fully saturated rings. The number of benzene rings is 2. The number of aromatic nitrogens is 3. The molecule has 0 radical (unpaired) electrons. The first kappa shape index (κ1) is 17.3. The Balaban J connectivity index is 1.74. The third-order valence-electron chi connectivity index (χ3n) is 4.11. The smallest absolute Gasteiger partial charge is 0.163 e. The van der Waals surface area contributed by atoms with Crippen molar-refractivity contribution >= 4 is 38.4 Å². The average Bonchev–Trinajstić information content (AvgIpc) is 2.72. The summed E-state index contributed by atoms with van der Waals surface area (Å²) in [5.41, 5.74) is 6.74. The first-order valence-electron chi connectivity index (χ1n) is 8.44. The molecule has 0 aliphatic carbocycles. The standard InChI is InChI=1S/C21H16BrN5/c1-14(15-8-10-17(22)11-9-15)26-27-21-18-6-2-3-7-19(18)24-20(25-21)16-5-4-12-23-13-16/h2-13H,1H3,(H,24,25,27)/b26-14+. The number of hydrazone groups is 1. The Morgan fingerprint density at radius 1 is 0.963 bits per heavy atom. The molecule has 0 amide bonds. The van der Waals surface area contributed by atoms with Gasteiger partial charge in [0, 0.05) is 27.8 Å². The Bertz CT molecular complexity index is 1110. The van der Waals surface area contributed by atoms with Crippen LogP contribution in [0.25, 0.3) is 22.3 Å². The van der Waals surface area contributed by atoms with Crippen LogP contribution in [0.5, 0.6) is 0 Å². The molecule has 0 spiro atoms. The van der Waals surface area contributed by atoms with E-state index in [2.05, 4.69) is 41.4 Å².